The topological polar surface area (TPSA) is 62.6 Å². The third-order valence-electron chi connectivity index (χ3n) is 5.19. The molecule has 3 heterocycles. The number of ether oxygens (including phenoxy) is 1. The first-order valence-electron chi connectivity index (χ1n) is 8.94. The van der Waals surface area contributed by atoms with Crippen molar-refractivity contribution in [2.45, 2.75) is 30.2 Å². The maximum atomic E-state index is 12.5. The number of likely N-dealkylation sites (N-methyl/N-ethyl adjacent to an activating group) is 1. The van der Waals surface area contributed by atoms with Gasteiger partial charge in [-0.05, 0) is 26.1 Å². The van der Waals surface area contributed by atoms with Crippen molar-refractivity contribution in [3.63, 3.8) is 0 Å². The van der Waals surface area contributed by atoms with Gasteiger partial charge < -0.3 is 15.0 Å². The Bertz CT molecular complexity index is 573. The van der Waals surface area contributed by atoms with Crippen molar-refractivity contribution in [2.75, 3.05) is 46.1 Å². The van der Waals surface area contributed by atoms with Crippen LogP contribution < -0.4 is 5.32 Å². The van der Waals surface area contributed by atoms with E-state index in [0.29, 0.717) is 18.4 Å². The average molecular weight is 368 g/mol. The summed E-state index contributed by atoms with van der Waals surface area (Å²) in [4.78, 5) is 16.7. The molecule has 0 unspecified atom stereocenters. The van der Waals surface area contributed by atoms with Crippen molar-refractivity contribution >= 4 is 17.8 Å². The Balaban J connectivity index is 1.56. The lowest BCUT2D eigenvalue weighted by Crippen LogP contribution is -2.51. The number of nitrogens with zero attached hydrogens (tertiary/aromatic N) is 4. The number of urea groups is 1. The van der Waals surface area contributed by atoms with Crippen LogP contribution in [-0.2, 0) is 11.8 Å². The number of aryl methyl sites for hydroxylation is 1. The summed E-state index contributed by atoms with van der Waals surface area (Å²) in [5.41, 5.74) is 1.13. The second kappa shape index (κ2) is 8.42. The monoisotopic (exact) mass is 367 g/mol. The molecule has 140 valence electrons. The molecule has 2 amide bonds. The summed E-state index contributed by atoms with van der Waals surface area (Å²) in [5, 5.41) is 8.05. The van der Waals surface area contributed by atoms with E-state index in [4.69, 9.17) is 4.74 Å². The van der Waals surface area contributed by atoms with Crippen LogP contribution in [0.2, 0.25) is 0 Å². The van der Waals surface area contributed by atoms with Crippen molar-refractivity contribution in [2.24, 2.45) is 7.05 Å². The minimum atomic E-state index is -0.0596. The molecule has 0 saturated carbocycles. The molecule has 25 heavy (non-hydrogen) atoms. The molecule has 0 aliphatic carbocycles. The van der Waals surface area contributed by atoms with Gasteiger partial charge >= 0.3 is 6.03 Å². The molecule has 1 N–H and O–H groups in total. The third kappa shape index (κ3) is 4.48. The Morgan fingerprint density at radius 3 is 2.76 bits per heavy atom. The minimum Gasteiger partial charge on any atom is -0.373 e. The number of carbonyl (C=O) groups excluding carboxylic acids is 1. The second-order valence-corrected chi connectivity index (χ2v) is 8.03. The summed E-state index contributed by atoms with van der Waals surface area (Å²) in [6.07, 6.45) is 8.16. The fraction of sp³-hybridized carbons (Fsp3) is 0.765. The summed E-state index contributed by atoms with van der Waals surface area (Å²) in [7, 11) is 4.02. The number of thioether (sulfide) groups is 1. The van der Waals surface area contributed by atoms with Gasteiger partial charge in [-0.1, -0.05) is 0 Å². The molecule has 2 aliphatic rings. The Morgan fingerprint density at radius 2 is 2.12 bits per heavy atom. The Kier molecular flexibility index (Phi) is 6.24. The molecule has 0 bridgehead atoms. The number of rotatable bonds is 4. The van der Waals surface area contributed by atoms with Crippen molar-refractivity contribution in [1.82, 2.24) is 24.9 Å². The van der Waals surface area contributed by atoms with E-state index in [2.05, 4.69) is 28.6 Å². The van der Waals surface area contributed by atoms with Crippen LogP contribution in [-0.4, -0.2) is 83.1 Å². The molecule has 8 heteroatoms. The number of carbonyl (C=O) groups is 1. The quantitative estimate of drug-likeness (QED) is 0.870. The van der Waals surface area contributed by atoms with Crippen LogP contribution >= 0.6 is 11.8 Å². The maximum absolute atomic E-state index is 12.5. The van der Waals surface area contributed by atoms with E-state index in [1.165, 1.54) is 0 Å². The smallest absolute Gasteiger partial charge is 0.317 e. The zero-order valence-electron chi connectivity index (χ0n) is 15.4. The Hall–Kier alpha value is -1.25. The lowest BCUT2D eigenvalue weighted by Gasteiger charge is -2.39. The molecule has 1 aromatic rings. The van der Waals surface area contributed by atoms with Crippen molar-refractivity contribution < 1.29 is 9.53 Å². The van der Waals surface area contributed by atoms with Crippen molar-refractivity contribution in [3.8, 4) is 0 Å². The number of morpholine rings is 1. The van der Waals surface area contributed by atoms with Gasteiger partial charge in [0, 0.05) is 50.2 Å². The molecule has 7 nitrogen and oxygen atoms in total. The van der Waals surface area contributed by atoms with E-state index in [1.54, 1.807) is 0 Å². The summed E-state index contributed by atoms with van der Waals surface area (Å²) in [5.74, 6) is 0. The zero-order valence-corrected chi connectivity index (χ0v) is 16.2. The number of likely N-dealkylation sites (tertiary alicyclic amines) is 1. The summed E-state index contributed by atoms with van der Waals surface area (Å²) in [6, 6.07) is 0.145. The second-order valence-electron chi connectivity index (χ2n) is 6.89. The van der Waals surface area contributed by atoms with Gasteiger partial charge in [0.15, 0.2) is 0 Å². The molecule has 2 saturated heterocycles. The Labute approximate surface area is 154 Å². The predicted octanol–water partition coefficient (Wildman–Crippen LogP) is 1.33. The third-order valence-corrected chi connectivity index (χ3v) is 6.32. The van der Waals surface area contributed by atoms with Gasteiger partial charge in [-0.3, -0.25) is 9.58 Å². The first-order chi connectivity index (χ1) is 12.1. The molecule has 2 atom stereocenters. The van der Waals surface area contributed by atoms with Crippen LogP contribution in [0.3, 0.4) is 0 Å². The van der Waals surface area contributed by atoms with E-state index in [9.17, 15) is 4.79 Å². The molecule has 0 spiro atoms. The summed E-state index contributed by atoms with van der Waals surface area (Å²) in [6.45, 7) is 3.77. The van der Waals surface area contributed by atoms with E-state index in [1.807, 2.05) is 40.8 Å². The highest BCUT2D eigenvalue weighted by Crippen LogP contribution is 2.28. The van der Waals surface area contributed by atoms with Gasteiger partial charge in [-0.2, -0.15) is 16.9 Å². The van der Waals surface area contributed by atoms with Gasteiger partial charge in [0.1, 0.15) is 0 Å². The Morgan fingerprint density at radius 1 is 1.36 bits per heavy atom. The van der Waals surface area contributed by atoms with Crippen LogP contribution in [0.1, 0.15) is 24.4 Å². The van der Waals surface area contributed by atoms with Gasteiger partial charge in [0.25, 0.3) is 0 Å². The minimum absolute atomic E-state index is 0.0290. The lowest BCUT2D eigenvalue weighted by molar-refractivity contribution is -0.0605. The zero-order chi connectivity index (χ0) is 17.8. The number of hydrogen-bond donors (Lipinski definition) is 1. The number of nitrogens with one attached hydrogen (secondary N) is 1. The summed E-state index contributed by atoms with van der Waals surface area (Å²) >= 11 is 1.90. The van der Waals surface area contributed by atoms with Crippen molar-refractivity contribution in [3.05, 3.63) is 18.0 Å². The molecule has 2 fully saturated rings. The van der Waals surface area contributed by atoms with Crippen molar-refractivity contribution in [1.29, 1.82) is 0 Å². The molecule has 3 rings (SSSR count). The molecule has 0 aromatic carbocycles. The molecule has 0 radical (unpaired) electrons. The van der Waals surface area contributed by atoms with Crippen LogP contribution in [0.4, 0.5) is 4.79 Å². The van der Waals surface area contributed by atoms with Crippen LogP contribution in [0, 0.1) is 0 Å². The molecular formula is C17H29N5O2S. The van der Waals surface area contributed by atoms with Gasteiger partial charge in [0.2, 0.25) is 0 Å². The molecule has 1 aromatic heterocycles. The maximum Gasteiger partial charge on any atom is 0.317 e. The highest BCUT2D eigenvalue weighted by atomic mass is 32.2. The molecular weight excluding hydrogens is 338 g/mol. The normalized spacial score (nSPS) is 26.0. The first-order valence-corrected chi connectivity index (χ1v) is 10.2. The fourth-order valence-electron chi connectivity index (χ4n) is 3.69. The van der Waals surface area contributed by atoms with Gasteiger partial charge in [0.05, 0.1) is 24.9 Å². The predicted molar refractivity (Wildman–Crippen MR) is 99.8 cm³/mol. The summed E-state index contributed by atoms with van der Waals surface area (Å²) < 4.78 is 7.79. The van der Waals surface area contributed by atoms with Crippen LogP contribution in [0.5, 0.6) is 0 Å². The SMILES string of the molecule is CSC1CCN(C(=O)NC[C@@H]2OCCN(C)[C@H]2c2cnn(C)c2)CC1. The highest BCUT2D eigenvalue weighted by molar-refractivity contribution is 7.99. The highest BCUT2D eigenvalue weighted by Gasteiger charge is 2.33. The van der Waals surface area contributed by atoms with Gasteiger partial charge in [-0.15, -0.1) is 0 Å². The van der Waals surface area contributed by atoms with Crippen LogP contribution in [0.25, 0.3) is 0 Å². The van der Waals surface area contributed by atoms with Crippen LogP contribution in [0.15, 0.2) is 12.4 Å². The van der Waals surface area contributed by atoms with E-state index in [0.717, 1.165) is 38.0 Å². The van der Waals surface area contributed by atoms with Gasteiger partial charge in [-0.25, -0.2) is 4.79 Å². The lowest BCUT2D eigenvalue weighted by atomic mass is 10.0. The number of piperidine rings is 1. The number of aromatic nitrogens is 2. The van der Waals surface area contributed by atoms with E-state index >= 15 is 0 Å². The van der Waals surface area contributed by atoms with E-state index in [-0.39, 0.29) is 18.2 Å². The van der Waals surface area contributed by atoms with E-state index < -0.39 is 0 Å². The fourth-order valence-corrected chi connectivity index (χ4v) is 4.37. The number of amides is 2. The standard InChI is InChI=1S/C17H29N5O2S/c1-20-8-9-24-15(16(20)13-10-19-21(2)12-13)11-18-17(23)22-6-4-14(25-3)5-7-22/h10,12,14-16H,4-9,11H2,1-3H3,(H,18,23)/t15-,16-/m0/s1. The largest absolute Gasteiger partial charge is 0.373 e. The number of hydrogen-bond acceptors (Lipinski definition) is 5. The first kappa shape index (κ1) is 18.5. The average Bonchev–Trinajstić information content (AvgIpc) is 3.05. The molecule has 2 aliphatic heterocycles.